The SMILES string of the molecule is Cc1oc(-c2ccc(-c3ccccc3)cc2)nc1COCC1CCCC(COC(C)(C)C)C1.O=CO. The fourth-order valence-corrected chi connectivity index (χ4v) is 4.52. The Morgan fingerprint density at radius 1 is 0.972 bits per heavy atom. The highest BCUT2D eigenvalue weighted by molar-refractivity contribution is 5.67. The van der Waals surface area contributed by atoms with Gasteiger partial charge in [-0.2, -0.15) is 0 Å². The number of oxazole rings is 1. The molecule has 1 saturated carbocycles. The molecule has 1 fully saturated rings. The first-order valence-electron chi connectivity index (χ1n) is 12.7. The molecule has 0 spiro atoms. The first-order valence-corrected chi connectivity index (χ1v) is 12.7. The lowest BCUT2D eigenvalue weighted by Crippen LogP contribution is -2.28. The van der Waals surface area contributed by atoms with E-state index in [4.69, 9.17) is 28.8 Å². The van der Waals surface area contributed by atoms with E-state index >= 15 is 0 Å². The van der Waals surface area contributed by atoms with Crippen molar-refractivity contribution in [1.82, 2.24) is 4.98 Å². The van der Waals surface area contributed by atoms with Crippen molar-refractivity contribution in [2.45, 2.75) is 65.6 Å². The minimum absolute atomic E-state index is 0.0620. The van der Waals surface area contributed by atoms with E-state index in [2.05, 4.69) is 69.3 Å². The van der Waals surface area contributed by atoms with Gasteiger partial charge >= 0.3 is 0 Å². The zero-order chi connectivity index (χ0) is 26.0. The minimum Gasteiger partial charge on any atom is -0.483 e. The van der Waals surface area contributed by atoms with Gasteiger partial charge in [0.2, 0.25) is 5.89 Å². The van der Waals surface area contributed by atoms with Crippen molar-refractivity contribution in [2.24, 2.45) is 11.8 Å². The number of nitrogens with zero attached hydrogens (tertiary/aromatic N) is 1. The van der Waals surface area contributed by atoms with Crippen LogP contribution in [0.5, 0.6) is 0 Å². The predicted octanol–water partition coefficient (Wildman–Crippen LogP) is 7.16. The number of hydrogen-bond donors (Lipinski definition) is 1. The molecule has 3 aromatic rings. The number of carboxylic acid groups (broad SMARTS) is 1. The second-order valence-electron chi connectivity index (χ2n) is 10.4. The lowest BCUT2D eigenvalue weighted by Gasteiger charge is -2.31. The van der Waals surface area contributed by atoms with Crippen molar-refractivity contribution < 1.29 is 23.8 Å². The summed E-state index contributed by atoms with van der Waals surface area (Å²) in [5.74, 6) is 2.73. The third kappa shape index (κ3) is 8.61. The fourth-order valence-electron chi connectivity index (χ4n) is 4.52. The lowest BCUT2D eigenvalue weighted by atomic mass is 9.82. The maximum absolute atomic E-state index is 8.36. The van der Waals surface area contributed by atoms with Crippen LogP contribution in [-0.4, -0.2) is 35.4 Å². The fraction of sp³-hybridized carbons (Fsp3) is 0.467. The van der Waals surface area contributed by atoms with Crippen molar-refractivity contribution >= 4 is 6.47 Å². The highest BCUT2D eigenvalue weighted by Gasteiger charge is 2.24. The Kier molecular flexibility index (Phi) is 10.3. The minimum atomic E-state index is -0.250. The molecule has 0 aliphatic heterocycles. The van der Waals surface area contributed by atoms with Crippen molar-refractivity contribution in [1.29, 1.82) is 0 Å². The van der Waals surface area contributed by atoms with Gasteiger partial charge in [-0.05, 0) is 82.1 Å². The molecule has 6 nitrogen and oxygen atoms in total. The van der Waals surface area contributed by atoms with Crippen LogP contribution in [0.2, 0.25) is 0 Å². The van der Waals surface area contributed by atoms with Crippen LogP contribution in [0, 0.1) is 18.8 Å². The van der Waals surface area contributed by atoms with E-state index in [1.54, 1.807) is 0 Å². The molecule has 194 valence electrons. The summed E-state index contributed by atoms with van der Waals surface area (Å²) in [6.45, 7) is 10.2. The summed E-state index contributed by atoms with van der Waals surface area (Å²) in [4.78, 5) is 13.1. The molecule has 6 heteroatoms. The zero-order valence-corrected chi connectivity index (χ0v) is 21.9. The zero-order valence-electron chi connectivity index (χ0n) is 21.9. The quantitative estimate of drug-likeness (QED) is 0.335. The Hall–Kier alpha value is -2.96. The van der Waals surface area contributed by atoms with Crippen molar-refractivity contribution in [3.8, 4) is 22.6 Å². The first-order chi connectivity index (χ1) is 17.3. The van der Waals surface area contributed by atoms with Gasteiger partial charge in [-0.25, -0.2) is 4.98 Å². The summed E-state index contributed by atoms with van der Waals surface area (Å²) < 4.78 is 18.1. The molecule has 2 unspecified atom stereocenters. The van der Waals surface area contributed by atoms with Gasteiger partial charge in [0.1, 0.15) is 11.5 Å². The van der Waals surface area contributed by atoms with Gasteiger partial charge < -0.3 is 19.0 Å². The molecular formula is C30H39NO5. The van der Waals surface area contributed by atoms with Gasteiger partial charge in [0.25, 0.3) is 6.47 Å². The average molecular weight is 494 g/mol. The molecule has 0 bridgehead atoms. The Bertz CT molecular complexity index is 1050. The number of carbonyl (C=O) groups is 1. The van der Waals surface area contributed by atoms with Crippen molar-refractivity contribution in [3.05, 3.63) is 66.1 Å². The van der Waals surface area contributed by atoms with Gasteiger partial charge in [0.05, 0.1) is 18.8 Å². The average Bonchev–Trinajstić information content (AvgIpc) is 3.24. The molecule has 1 N–H and O–H groups in total. The standard InChI is InChI=1S/C29H37NO3.CH2O2/c1-21-27(20-31-18-22-9-8-10-23(17-22)19-32-29(2,3)4)30-28(33-21)26-15-13-25(14-16-26)24-11-6-5-7-12-24;2-1-3/h5-7,11-16,22-23H,8-10,17-20H2,1-4H3;1H,(H,2,3). The second-order valence-corrected chi connectivity index (χ2v) is 10.4. The van der Waals surface area contributed by atoms with Crippen molar-refractivity contribution in [3.63, 3.8) is 0 Å². The number of aryl methyl sites for hydroxylation is 1. The number of ether oxygens (including phenoxy) is 2. The number of benzene rings is 2. The molecule has 0 saturated heterocycles. The van der Waals surface area contributed by atoms with Crippen LogP contribution >= 0.6 is 0 Å². The number of rotatable bonds is 8. The van der Waals surface area contributed by atoms with E-state index in [1.165, 1.54) is 36.8 Å². The van der Waals surface area contributed by atoms with Gasteiger partial charge in [-0.3, -0.25) is 4.79 Å². The Labute approximate surface area is 214 Å². The highest BCUT2D eigenvalue weighted by Crippen LogP contribution is 2.31. The molecule has 1 aliphatic rings. The molecule has 1 heterocycles. The molecule has 0 amide bonds. The van der Waals surface area contributed by atoms with Crippen LogP contribution in [0.1, 0.15) is 57.9 Å². The largest absolute Gasteiger partial charge is 0.483 e. The molecule has 4 rings (SSSR count). The predicted molar refractivity (Wildman–Crippen MR) is 142 cm³/mol. The van der Waals surface area contributed by atoms with Gasteiger partial charge in [-0.15, -0.1) is 0 Å². The van der Waals surface area contributed by atoms with Gasteiger partial charge in [-0.1, -0.05) is 48.9 Å². The Morgan fingerprint density at radius 3 is 2.19 bits per heavy atom. The normalized spacial score (nSPS) is 17.8. The molecular weight excluding hydrogens is 454 g/mol. The highest BCUT2D eigenvalue weighted by atomic mass is 16.5. The van der Waals surface area contributed by atoms with Crippen LogP contribution in [-0.2, 0) is 20.9 Å². The number of aromatic nitrogens is 1. The molecule has 1 aliphatic carbocycles. The third-order valence-electron chi connectivity index (χ3n) is 6.37. The first kappa shape index (κ1) is 27.6. The van der Waals surface area contributed by atoms with E-state index in [9.17, 15) is 0 Å². The molecule has 2 atom stereocenters. The molecule has 36 heavy (non-hydrogen) atoms. The van der Waals surface area contributed by atoms with Gasteiger partial charge in [0.15, 0.2) is 0 Å². The Balaban J connectivity index is 0.00000115. The van der Waals surface area contributed by atoms with Crippen LogP contribution in [0.25, 0.3) is 22.6 Å². The van der Waals surface area contributed by atoms with Crippen LogP contribution in [0.3, 0.4) is 0 Å². The van der Waals surface area contributed by atoms with E-state index in [0.29, 0.717) is 24.3 Å². The third-order valence-corrected chi connectivity index (χ3v) is 6.37. The number of hydrogen-bond acceptors (Lipinski definition) is 5. The molecule has 2 aromatic carbocycles. The smallest absolute Gasteiger partial charge is 0.290 e. The maximum atomic E-state index is 8.36. The summed E-state index contributed by atoms with van der Waals surface area (Å²) in [5.41, 5.74) is 4.20. The Morgan fingerprint density at radius 2 is 1.56 bits per heavy atom. The summed E-state index contributed by atoms with van der Waals surface area (Å²) in [6.07, 6.45) is 4.95. The summed E-state index contributed by atoms with van der Waals surface area (Å²) in [6, 6.07) is 18.7. The monoisotopic (exact) mass is 493 g/mol. The molecule has 1 aromatic heterocycles. The van der Waals surface area contributed by atoms with Crippen LogP contribution in [0.15, 0.2) is 59.0 Å². The van der Waals surface area contributed by atoms with E-state index in [1.807, 2.05) is 13.0 Å². The second kappa shape index (κ2) is 13.4. The summed E-state index contributed by atoms with van der Waals surface area (Å²) >= 11 is 0. The topological polar surface area (TPSA) is 81.8 Å². The van der Waals surface area contributed by atoms with Gasteiger partial charge in [0, 0.05) is 12.2 Å². The van der Waals surface area contributed by atoms with E-state index < -0.39 is 0 Å². The summed E-state index contributed by atoms with van der Waals surface area (Å²) in [5, 5.41) is 6.89. The van der Waals surface area contributed by atoms with Crippen molar-refractivity contribution in [2.75, 3.05) is 13.2 Å². The maximum Gasteiger partial charge on any atom is 0.290 e. The van der Waals surface area contributed by atoms with E-state index in [-0.39, 0.29) is 12.1 Å². The molecule has 0 radical (unpaired) electrons. The van der Waals surface area contributed by atoms with Crippen LogP contribution in [0.4, 0.5) is 0 Å². The van der Waals surface area contributed by atoms with E-state index in [0.717, 1.165) is 30.2 Å². The summed E-state index contributed by atoms with van der Waals surface area (Å²) in [7, 11) is 0. The lowest BCUT2D eigenvalue weighted by molar-refractivity contribution is -0.122. The van der Waals surface area contributed by atoms with Crippen LogP contribution < -0.4 is 0 Å².